The number of carbonyl (C=O) groups is 1. The van der Waals surface area contributed by atoms with Crippen molar-refractivity contribution in [2.75, 3.05) is 20.0 Å². The first-order chi connectivity index (χ1) is 9.06. The maximum Gasteiger partial charge on any atom is 0.350 e. The molecule has 0 radical (unpaired) electrons. The van der Waals surface area contributed by atoms with E-state index in [1.54, 1.807) is 13.2 Å². The number of hydrogen-bond acceptors (Lipinski definition) is 5. The highest BCUT2D eigenvalue weighted by molar-refractivity contribution is 7.18. The van der Waals surface area contributed by atoms with Crippen LogP contribution >= 0.6 is 11.3 Å². The second-order valence-corrected chi connectivity index (χ2v) is 5.12. The zero-order chi connectivity index (χ0) is 14.0. The summed E-state index contributed by atoms with van der Waals surface area (Å²) in [7, 11) is 2.98. The quantitative estimate of drug-likeness (QED) is 0.876. The Kier molecular flexibility index (Phi) is 3.76. The van der Waals surface area contributed by atoms with E-state index >= 15 is 0 Å². The number of rotatable bonds is 3. The lowest BCUT2D eigenvalue weighted by atomic mass is 10.1. The van der Waals surface area contributed by atoms with Crippen LogP contribution in [-0.2, 0) is 4.74 Å². The molecule has 1 aromatic carbocycles. The van der Waals surface area contributed by atoms with Gasteiger partial charge in [-0.25, -0.2) is 4.79 Å². The molecule has 5 heteroatoms. The number of methoxy groups -OCH3 is 2. The molecular weight excluding hydrogens is 262 g/mol. The van der Waals surface area contributed by atoms with E-state index in [1.165, 1.54) is 18.4 Å². The van der Waals surface area contributed by atoms with E-state index in [-0.39, 0.29) is 0 Å². The lowest BCUT2D eigenvalue weighted by molar-refractivity contribution is 0.0607. The predicted molar refractivity (Wildman–Crippen MR) is 76.8 cm³/mol. The summed E-state index contributed by atoms with van der Waals surface area (Å²) in [5, 5.41) is 0. The molecule has 1 heterocycles. The van der Waals surface area contributed by atoms with E-state index < -0.39 is 5.97 Å². The molecule has 0 bridgehead atoms. The summed E-state index contributed by atoms with van der Waals surface area (Å²) in [5.74, 6) is 0.400. The van der Waals surface area contributed by atoms with Crippen LogP contribution in [-0.4, -0.2) is 20.2 Å². The first kappa shape index (κ1) is 13.4. The molecule has 1 aromatic heterocycles. The van der Waals surface area contributed by atoms with Crippen molar-refractivity contribution in [1.29, 1.82) is 0 Å². The Morgan fingerprint density at radius 3 is 2.63 bits per heavy atom. The number of nitrogens with two attached hydrogens (primary N) is 1. The molecule has 0 fully saturated rings. The number of nitrogen functional groups attached to an aromatic ring is 1. The number of esters is 1. The molecule has 19 heavy (non-hydrogen) atoms. The fraction of sp³-hybridized carbons (Fsp3) is 0.214. The highest BCUT2D eigenvalue weighted by atomic mass is 32.1. The van der Waals surface area contributed by atoms with Crippen molar-refractivity contribution in [1.82, 2.24) is 0 Å². The molecule has 2 aromatic rings. The lowest BCUT2D eigenvalue weighted by Crippen LogP contribution is -2.00. The van der Waals surface area contributed by atoms with Crippen LogP contribution < -0.4 is 10.5 Å². The number of carbonyl (C=O) groups excluding carboxylic acids is 1. The minimum Gasteiger partial charge on any atom is -0.496 e. The van der Waals surface area contributed by atoms with Gasteiger partial charge in [-0.15, -0.1) is 11.3 Å². The Morgan fingerprint density at radius 2 is 2.00 bits per heavy atom. The van der Waals surface area contributed by atoms with Gasteiger partial charge in [-0.1, -0.05) is 12.1 Å². The van der Waals surface area contributed by atoms with Crippen LogP contribution in [0.25, 0.3) is 10.4 Å². The van der Waals surface area contributed by atoms with Gasteiger partial charge in [0.15, 0.2) is 0 Å². The van der Waals surface area contributed by atoms with Gasteiger partial charge < -0.3 is 15.2 Å². The van der Waals surface area contributed by atoms with Crippen molar-refractivity contribution in [3.05, 3.63) is 34.7 Å². The van der Waals surface area contributed by atoms with Crippen LogP contribution in [0.1, 0.15) is 15.2 Å². The van der Waals surface area contributed by atoms with E-state index in [0.29, 0.717) is 10.6 Å². The number of ether oxygens (including phenoxy) is 2. The molecule has 100 valence electrons. The zero-order valence-electron chi connectivity index (χ0n) is 11.0. The summed E-state index contributed by atoms with van der Waals surface area (Å²) >= 11 is 1.32. The first-order valence-corrected chi connectivity index (χ1v) is 6.51. The van der Waals surface area contributed by atoms with E-state index in [1.807, 2.05) is 25.1 Å². The Morgan fingerprint density at radius 1 is 1.26 bits per heavy atom. The predicted octanol–water partition coefficient (Wildman–Crippen LogP) is 3.10. The molecule has 0 aliphatic carbocycles. The van der Waals surface area contributed by atoms with Crippen LogP contribution in [0, 0.1) is 6.92 Å². The van der Waals surface area contributed by atoms with Gasteiger partial charge in [0.1, 0.15) is 10.6 Å². The number of aryl methyl sites for hydroxylation is 1. The monoisotopic (exact) mass is 277 g/mol. The molecule has 4 nitrogen and oxygen atoms in total. The molecule has 2 rings (SSSR count). The molecule has 0 aliphatic heterocycles. The smallest absolute Gasteiger partial charge is 0.350 e. The molecule has 0 aliphatic rings. The molecule has 0 spiro atoms. The third-order valence-corrected chi connectivity index (χ3v) is 4.00. The van der Waals surface area contributed by atoms with E-state index in [9.17, 15) is 4.79 Å². The molecule has 2 N–H and O–H groups in total. The van der Waals surface area contributed by atoms with Gasteiger partial charge in [-0.05, 0) is 30.2 Å². The third-order valence-electron chi connectivity index (χ3n) is 2.82. The average Bonchev–Trinajstić information content (AvgIpc) is 2.80. The summed E-state index contributed by atoms with van der Waals surface area (Å²) in [5.41, 5.74) is 8.30. The van der Waals surface area contributed by atoms with Crippen LogP contribution in [0.5, 0.6) is 5.75 Å². The number of thiophene rings is 1. The standard InChI is InChI=1S/C14H15NO3S/c1-8-4-5-9(6-11(8)17-2)12-7-10(15)13(19-12)14(16)18-3/h4-7H,15H2,1-3H3. The molecule has 0 saturated heterocycles. The third kappa shape index (κ3) is 2.56. The van der Waals surface area contributed by atoms with Gasteiger partial charge in [0.2, 0.25) is 0 Å². The summed E-state index contributed by atoms with van der Waals surface area (Å²) < 4.78 is 9.99. The van der Waals surface area contributed by atoms with Gasteiger partial charge in [-0.3, -0.25) is 0 Å². The zero-order valence-corrected chi connectivity index (χ0v) is 11.8. The van der Waals surface area contributed by atoms with Crippen molar-refractivity contribution in [3.8, 4) is 16.2 Å². The fourth-order valence-electron chi connectivity index (χ4n) is 1.77. The Balaban J connectivity index is 2.45. The van der Waals surface area contributed by atoms with Crippen molar-refractivity contribution >= 4 is 23.0 Å². The highest BCUT2D eigenvalue weighted by Gasteiger charge is 2.16. The van der Waals surface area contributed by atoms with Crippen molar-refractivity contribution in [3.63, 3.8) is 0 Å². The molecule has 0 amide bonds. The minimum absolute atomic E-state index is 0.409. The Labute approximate surface area is 115 Å². The van der Waals surface area contributed by atoms with E-state index in [4.69, 9.17) is 15.2 Å². The van der Waals surface area contributed by atoms with Gasteiger partial charge >= 0.3 is 5.97 Å². The molecule has 0 saturated carbocycles. The largest absolute Gasteiger partial charge is 0.496 e. The number of hydrogen-bond donors (Lipinski definition) is 1. The van der Waals surface area contributed by atoms with E-state index in [2.05, 4.69) is 0 Å². The molecule has 0 unspecified atom stereocenters. The molecular formula is C14H15NO3S. The van der Waals surface area contributed by atoms with Gasteiger partial charge in [0, 0.05) is 4.88 Å². The normalized spacial score (nSPS) is 10.3. The minimum atomic E-state index is -0.409. The van der Waals surface area contributed by atoms with Gasteiger partial charge in [0.05, 0.1) is 19.9 Å². The Bertz CT molecular complexity index is 619. The summed E-state index contributed by atoms with van der Waals surface area (Å²) in [6.45, 7) is 1.98. The van der Waals surface area contributed by atoms with Crippen molar-refractivity contribution < 1.29 is 14.3 Å². The second kappa shape index (κ2) is 5.32. The van der Waals surface area contributed by atoms with Crippen LogP contribution in [0.2, 0.25) is 0 Å². The fourth-order valence-corrected chi connectivity index (χ4v) is 2.77. The van der Waals surface area contributed by atoms with Crippen molar-refractivity contribution in [2.24, 2.45) is 0 Å². The van der Waals surface area contributed by atoms with E-state index in [0.717, 1.165) is 21.8 Å². The lowest BCUT2D eigenvalue weighted by Gasteiger charge is -2.06. The number of benzene rings is 1. The van der Waals surface area contributed by atoms with Crippen LogP contribution in [0.3, 0.4) is 0 Å². The van der Waals surface area contributed by atoms with Crippen molar-refractivity contribution in [2.45, 2.75) is 6.92 Å². The van der Waals surface area contributed by atoms with Gasteiger partial charge in [-0.2, -0.15) is 0 Å². The maximum atomic E-state index is 11.5. The summed E-state index contributed by atoms with van der Waals surface area (Å²) in [4.78, 5) is 12.9. The SMILES string of the molecule is COC(=O)c1sc(-c2ccc(C)c(OC)c2)cc1N. The average molecular weight is 277 g/mol. The maximum absolute atomic E-state index is 11.5. The summed E-state index contributed by atoms with van der Waals surface area (Å²) in [6.07, 6.45) is 0. The molecule has 0 atom stereocenters. The first-order valence-electron chi connectivity index (χ1n) is 5.69. The van der Waals surface area contributed by atoms with Gasteiger partial charge in [0.25, 0.3) is 0 Å². The van der Waals surface area contributed by atoms with Crippen LogP contribution in [0.15, 0.2) is 24.3 Å². The van der Waals surface area contributed by atoms with Crippen LogP contribution in [0.4, 0.5) is 5.69 Å². The second-order valence-electron chi connectivity index (χ2n) is 4.07. The highest BCUT2D eigenvalue weighted by Crippen LogP contribution is 2.35. The topological polar surface area (TPSA) is 61.5 Å². The Hall–Kier alpha value is -2.01. The summed E-state index contributed by atoms with van der Waals surface area (Å²) in [6, 6.07) is 7.66. The number of anilines is 1.